The van der Waals surface area contributed by atoms with Crippen molar-refractivity contribution in [2.75, 3.05) is 45.8 Å². The molecule has 0 aliphatic carbocycles. The average molecular weight is 377 g/mol. The van der Waals surface area contributed by atoms with Crippen LogP contribution in [0.4, 0.5) is 0 Å². The molecule has 4 heteroatoms. The van der Waals surface area contributed by atoms with Crippen LogP contribution in [0.25, 0.3) is 0 Å². The smallest absolute Gasteiger partial charge is 0.0366 e. The van der Waals surface area contributed by atoms with Gasteiger partial charge < -0.3 is 4.90 Å². The lowest BCUT2D eigenvalue weighted by atomic mass is 9.92. The van der Waals surface area contributed by atoms with Gasteiger partial charge in [0.05, 0.1) is 0 Å². The number of nitrogens with zero attached hydrogens (tertiary/aromatic N) is 3. The number of hydrogen-bond acceptors (Lipinski definition) is 3. The zero-order valence-corrected chi connectivity index (χ0v) is 14.4. The second-order valence-electron chi connectivity index (χ2n) is 6.94. The first-order valence-electron chi connectivity index (χ1n) is 8.08. The minimum absolute atomic E-state index is 0.869. The summed E-state index contributed by atoms with van der Waals surface area (Å²) in [6, 6.07) is 0.869. The molecule has 0 aromatic rings. The van der Waals surface area contributed by atoms with Gasteiger partial charge in [-0.2, -0.15) is 0 Å². The van der Waals surface area contributed by atoms with Crippen molar-refractivity contribution in [2.24, 2.45) is 11.8 Å². The van der Waals surface area contributed by atoms with Crippen LogP contribution in [0, 0.1) is 11.8 Å². The van der Waals surface area contributed by atoms with E-state index in [4.69, 9.17) is 0 Å². The third-order valence-corrected chi connectivity index (χ3v) is 6.16. The molecule has 3 rings (SSSR count). The molecule has 3 nitrogen and oxygen atoms in total. The van der Waals surface area contributed by atoms with Gasteiger partial charge in [-0.15, -0.1) is 0 Å². The summed E-state index contributed by atoms with van der Waals surface area (Å²) in [6.07, 6.45) is 5.71. The third-order valence-electron chi connectivity index (χ3n) is 5.38. The zero-order chi connectivity index (χ0) is 13.2. The highest BCUT2D eigenvalue weighted by Gasteiger charge is 2.33. The Kier molecular flexibility index (Phi) is 5.04. The van der Waals surface area contributed by atoms with Crippen LogP contribution >= 0.6 is 22.9 Å². The molecule has 3 aliphatic rings. The first-order valence-corrected chi connectivity index (χ1v) is 9.04. The van der Waals surface area contributed by atoms with Crippen molar-refractivity contribution < 1.29 is 0 Å². The van der Waals surface area contributed by atoms with Gasteiger partial charge in [0.15, 0.2) is 0 Å². The molecule has 3 heterocycles. The molecule has 0 unspecified atom stereocenters. The number of rotatable bonds is 3. The summed E-state index contributed by atoms with van der Waals surface area (Å²) in [4.78, 5) is 5.47. The monoisotopic (exact) mass is 377 g/mol. The van der Waals surface area contributed by atoms with Crippen molar-refractivity contribution in [3.63, 3.8) is 0 Å². The van der Waals surface area contributed by atoms with Gasteiger partial charge in [-0.05, 0) is 63.7 Å². The molecule has 0 spiro atoms. The molecule has 0 atom stereocenters. The molecule has 3 fully saturated rings. The fourth-order valence-corrected chi connectivity index (χ4v) is 4.65. The van der Waals surface area contributed by atoms with Gasteiger partial charge in [-0.25, -0.2) is 3.11 Å². The predicted molar refractivity (Wildman–Crippen MR) is 88.5 cm³/mol. The molecule has 19 heavy (non-hydrogen) atoms. The molecule has 3 aliphatic heterocycles. The maximum absolute atomic E-state index is 2.74. The first-order chi connectivity index (χ1) is 9.20. The predicted octanol–water partition coefficient (Wildman–Crippen LogP) is 2.46. The standard InChI is InChI=1S/C15H28IN3/c1-13-2-6-17(7-3-13)10-14-4-8-18(9-5-14)15-11-19(16)12-15/h13-15H,2-12H2,1H3. The second kappa shape index (κ2) is 6.58. The molecule has 0 aromatic heterocycles. The van der Waals surface area contributed by atoms with E-state index in [0.29, 0.717) is 0 Å². The van der Waals surface area contributed by atoms with Crippen LogP contribution in [-0.2, 0) is 0 Å². The average Bonchev–Trinajstić information content (AvgIpc) is 2.39. The van der Waals surface area contributed by atoms with E-state index in [-0.39, 0.29) is 0 Å². The molecule has 0 N–H and O–H groups in total. The Hall–Kier alpha value is 0.610. The van der Waals surface area contributed by atoms with Crippen molar-refractivity contribution in [1.29, 1.82) is 0 Å². The summed E-state index contributed by atoms with van der Waals surface area (Å²) in [7, 11) is 0. The quantitative estimate of drug-likeness (QED) is 0.553. The van der Waals surface area contributed by atoms with Crippen LogP contribution in [0.5, 0.6) is 0 Å². The minimum Gasteiger partial charge on any atom is -0.303 e. The van der Waals surface area contributed by atoms with E-state index in [1.165, 1.54) is 71.5 Å². The van der Waals surface area contributed by atoms with Gasteiger partial charge in [0.2, 0.25) is 0 Å². The van der Waals surface area contributed by atoms with Gasteiger partial charge in [0.1, 0.15) is 0 Å². The molecular weight excluding hydrogens is 349 g/mol. The molecule has 0 bridgehead atoms. The van der Waals surface area contributed by atoms with Crippen molar-refractivity contribution >= 4 is 22.9 Å². The lowest BCUT2D eigenvalue weighted by Gasteiger charge is -2.46. The van der Waals surface area contributed by atoms with E-state index in [2.05, 4.69) is 42.7 Å². The van der Waals surface area contributed by atoms with Crippen LogP contribution < -0.4 is 0 Å². The van der Waals surface area contributed by atoms with Gasteiger partial charge in [-0.1, -0.05) is 6.92 Å². The molecule has 110 valence electrons. The maximum atomic E-state index is 2.74. The summed E-state index contributed by atoms with van der Waals surface area (Å²) < 4.78 is 2.41. The Morgan fingerprint density at radius 1 is 0.947 bits per heavy atom. The van der Waals surface area contributed by atoms with E-state index in [1.54, 1.807) is 0 Å². The van der Waals surface area contributed by atoms with Gasteiger partial charge in [-0.3, -0.25) is 4.90 Å². The van der Waals surface area contributed by atoms with Crippen LogP contribution in [0.3, 0.4) is 0 Å². The number of halogens is 1. The number of piperidine rings is 2. The second-order valence-corrected chi connectivity index (χ2v) is 8.31. The van der Waals surface area contributed by atoms with Gasteiger partial charge in [0, 0.05) is 48.5 Å². The Bertz CT molecular complexity index is 277. The Balaban J connectivity index is 1.36. The molecular formula is C15H28IN3. The largest absolute Gasteiger partial charge is 0.303 e. The van der Waals surface area contributed by atoms with E-state index < -0.39 is 0 Å². The Morgan fingerprint density at radius 3 is 2.16 bits per heavy atom. The molecule has 0 saturated carbocycles. The highest BCUT2D eigenvalue weighted by molar-refractivity contribution is 14.1. The highest BCUT2D eigenvalue weighted by Crippen LogP contribution is 2.26. The van der Waals surface area contributed by atoms with E-state index in [1.807, 2.05) is 0 Å². The van der Waals surface area contributed by atoms with E-state index >= 15 is 0 Å². The zero-order valence-electron chi connectivity index (χ0n) is 12.2. The van der Waals surface area contributed by atoms with Crippen molar-refractivity contribution in [2.45, 2.75) is 38.6 Å². The summed E-state index contributed by atoms with van der Waals surface area (Å²) in [5.74, 6) is 1.94. The fourth-order valence-electron chi connectivity index (χ4n) is 3.75. The number of likely N-dealkylation sites (tertiary alicyclic amines) is 2. The SMILES string of the molecule is CC1CCN(CC2CCN(C3CN(I)C3)CC2)CC1. The summed E-state index contributed by atoms with van der Waals surface area (Å²) >= 11 is 2.45. The molecule has 3 saturated heterocycles. The van der Waals surface area contributed by atoms with Crippen molar-refractivity contribution in [3.05, 3.63) is 0 Å². The highest BCUT2D eigenvalue weighted by atomic mass is 127. The van der Waals surface area contributed by atoms with E-state index in [0.717, 1.165) is 17.9 Å². The molecule has 0 aromatic carbocycles. The topological polar surface area (TPSA) is 9.72 Å². The maximum Gasteiger partial charge on any atom is 0.0366 e. The summed E-state index contributed by atoms with van der Waals surface area (Å²) in [5.41, 5.74) is 0. The third kappa shape index (κ3) is 3.83. The minimum atomic E-state index is 0.869. The lowest BCUT2D eigenvalue weighted by molar-refractivity contribution is 0.0566. The van der Waals surface area contributed by atoms with E-state index in [9.17, 15) is 0 Å². The Labute approximate surface area is 132 Å². The van der Waals surface area contributed by atoms with Crippen LogP contribution in [0.15, 0.2) is 0 Å². The lowest BCUT2D eigenvalue weighted by Crippen LogP contribution is -2.57. The summed E-state index contributed by atoms with van der Waals surface area (Å²) in [5, 5.41) is 0. The Morgan fingerprint density at radius 2 is 1.58 bits per heavy atom. The van der Waals surface area contributed by atoms with Gasteiger partial charge >= 0.3 is 0 Å². The molecule has 0 amide bonds. The van der Waals surface area contributed by atoms with Crippen LogP contribution in [-0.4, -0.2) is 64.8 Å². The first kappa shape index (κ1) is 14.5. The van der Waals surface area contributed by atoms with Gasteiger partial charge in [0.25, 0.3) is 0 Å². The number of hydrogen-bond donors (Lipinski definition) is 0. The summed E-state index contributed by atoms with van der Waals surface area (Å²) in [6.45, 7) is 11.8. The molecule has 0 radical (unpaired) electrons. The normalized spacial score (nSPS) is 30.6. The van der Waals surface area contributed by atoms with Crippen molar-refractivity contribution in [3.8, 4) is 0 Å². The van der Waals surface area contributed by atoms with Crippen LogP contribution in [0.2, 0.25) is 0 Å². The fraction of sp³-hybridized carbons (Fsp3) is 1.00. The van der Waals surface area contributed by atoms with Crippen molar-refractivity contribution in [1.82, 2.24) is 12.9 Å². The van der Waals surface area contributed by atoms with Crippen LogP contribution in [0.1, 0.15) is 32.6 Å².